The van der Waals surface area contributed by atoms with E-state index in [9.17, 15) is 9.59 Å². The monoisotopic (exact) mass is 335 g/mol. The number of carboxylic acids is 1. The van der Waals surface area contributed by atoms with Crippen LogP contribution in [0.3, 0.4) is 0 Å². The van der Waals surface area contributed by atoms with Gasteiger partial charge in [0.05, 0.1) is 6.42 Å². The molecule has 0 atom stereocenters. The van der Waals surface area contributed by atoms with Gasteiger partial charge < -0.3 is 19.5 Å². The maximum absolute atomic E-state index is 12.4. The van der Waals surface area contributed by atoms with Crippen molar-refractivity contribution in [2.24, 2.45) is 0 Å². The van der Waals surface area contributed by atoms with Gasteiger partial charge in [-0.3, -0.25) is 9.59 Å². The van der Waals surface area contributed by atoms with E-state index >= 15 is 0 Å². The summed E-state index contributed by atoms with van der Waals surface area (Å²) >= 11 is 0. The lowest BCUT2D eigenvalue weighted by Gasteiger charge is -2.26. The molecule has 1 heterocycles. The molecular weight excluding hydrogens is 310 g/mol. The van der Waals surface area contributed by atoms with Crippen LogP contribution in [0.5, 0.6) is 11.5 Å². The van der Waals surface area contributed by atoms with Gasteiger partial charge >= 0.3 is 5.97 Å². The molecule has 0 saturated carbocycles. The fourth-order valence-corrected chi connectivity index (χ4v) is 2.81. The third kappa shape index (κ3) is 4.40. The Labute approximate surface area is 142 Å². The van der Waals surface area contributed by atoms with Gasteiger partial charge in [0.15, 0.2) is 18.1 Å². The molecule has 0 aromatic heterocycles. The third-order valence-electron chi connectivity index (χ3n) is 3.92. The van der Waals surface area contributed by atoms with Crippen LogP contribution in [0.2, 0.25) is 0 Å². The van der Waals surface area contributed by atoms with E-state index in [0.29, 0.717) is 11.5 Å². The van der Waals surface area contributed by atoms with Crippen LogP contribution < -0.4 is 9.47 Å². The number of hydrogen-bond acceptors (Lipinski definition) is 4. The zero-order valence-corrected chi connectivity index (χ0v) is 14.7. The van der Waals surface area contributed by atoms with Crippen molar-refractivity contribution in [1.29, 1.82) is 0 Å². The molecule has 1 aromatic carbocycles. The lowest BCUT2D eigenvalue weighted by atomic mass is 10.0. The average molecular weight is 335 g/mol. The molecule has 1 aliphatic heterocycles. The van der Waals surface area contributed by atoms with E-state index in [1.807, 2.05) is 39.8 Å². The number of amides is 1. The Bertz CT molecular complexity index is 624. The van der Waals surface area contributed by atoms with Crippen molar-refractivity contribution in [3.63, 3.8) is 0 Å². The van der Waals surface area contributed by atoms with Crippen LogP contribution in [-0.4, -0.2) is 46.7 Å². The molecule has 1 N–H and O–H groups in total. The molecule has 2 rings (SSSR count). The Balaban J connectivity index is 2.02. The SMILES string of the molecule is CC(C)N(CCC(=O)O)C(=O)COc1cccc2c1OC(C)(C)C2. The summed E-state index contributed by atoms with van der Waals surface area (Å²) in [5, 5.41) is 8.80. The standard InChI is InChI=1S/C18H25NO5/c1-12(2)19(9-8-16(21)22)15(20)11-23-14-7-5-6-13-10-18(3,4)24-17(13)14/h5-7,12H,8-11H2,1-4H3,(H,21,22). The summed E-state index contributed by atoms with van der Waals surface area (Å²) in [7, 11) is 0. The molecule has 6 nitrogen and oxygen atoms in total. The second-order valence-electron chi connectivity index (χ2n) is 6.90. The van der Waals surface area contributed by atoms with Crippen LogP contribution in [0, 0.1) is 0 Å². The minimum absolute atomic E-state index is 0.0814. The minimum atomic E-state index is -0.925. The van der Waals surface area contributed by atoms with Gasteiger partial charge in [0.2, 0.25) is 0 Å². The molecule has 0 bridgehead atoms. The predicted octanol–water partition coefficient (Wildman–Crippen LogP) is 2.49. The first kappa shape index (κ1) is 18.1. The Morgan fingerprint density at radius 3 is 2.71 bits per heavy atom. The summed E-state index contributed by atoms with van der Waals surface area (Å²) in [6.45, 7) is 7.75. The molecule has 6 heteroatoms. The number of carbonyl (C=O) groups is 2. The van der Waals surface area contributed by atoms with Gasteiger partial charge in [-0.2, -0.15) is 0 Å². The van der Waals surface area contributed by atoms with Crippen molar-refractivity contribution in [2.75, 3.05) is 13.2 Å². The van der Waals surface area contributed by atoms with E-state index in [-0.39, 0.29) is 37.1 Å². The number of carboxylic acid groups (broad SMARTS) is 1. The topological polar surface area (TPSA) is 76.1 Å². The summed E-state index contributed by atoms with van der Waals surface area (Å²) < 4.78 is 11.6. The van der Waals surface area contributed by atoms with Crippen LogP contribution in [0.15, 0.2) is 18.2 Å². The molecule has 0 saturated heterocycles. The van der Waals surface area contributed by atoms with Crippen molar-refractivity contribution >= 4 is 11.9 Å². The minimum Gasteiger partial charge on any atom is -0.483 e. The normalized spacial score (nSPS) is 14.9. The van der Waals surface area contributed by atoms with Crippen LogP contribution >= 0.6 is 0 Å². The summed E-state index contributed by atoms with van der Waals surface area (Å²) in [6, 6.07) is 5.57. The second kappa shape index (κ2) is 7.11. The molecule has 1 aliphatic rings. The first-order valence-corrected chi connectivity index (χ1v) is 8.14. The fraction of sp³-hybridized carbons (Fsp3) is 0.556. The molecule has 0 unspecified atom stereocenters. The van der Waals surface area contributed by atoms with Crippen LogP contribution in [0.1, 0.15) is 39.7 Å². The van der Waals surface area contributed by atoms with E-state index in [2.05, 4.69) is 0 Å². The number of benzene rings is 1. The van der Waals surface area contributed by atoms with E-state index in [4.69, 9.17) is 14.6 Å². The Morgan fingerprint density at radius 1 is 1.38 bits per heavy atom. The average Bonchev–Trinajstić information content (AvgIpc) is 2.78. The Kier molecular flexibility index (Phi) is 5.36. The first-order chi connectivity index (χ1) is 11.2. The fourth-order valence-electron chi connectivity index (χ4n) is 2.81. The zero-order valence-electron chi connectivity index (χ0n) is 14.7. The summed E-state index contributed by atoms with van der Waals surface area (Å²) in [4.78, 5) is 24.6. The Hall–Kier alpha value is -2.24. The quantitative estimate of drug-likeness (QED) is 0.828. The van der Waals surface area contributed by atoms with Gasteiger partial charge in [0.25, 0.3) is 5.91 Å². The number of carbonyl (C=O) groups excluding carboxylic acids is 1. The number of rotatable bonds is 7. The van der Waals surface area contributed by atoms with E-state index in [1.54, 1.807) is 6.07 Å². The van der Waals surface area contributed by atoms with Crippen LogP contribution in [0.25, 0.3) is 0 Å². The molecule has 0 spiro atoms. The molecule has 132 valence electrons. The van der Waals surface area contributed by atoms with Crippen molar-refractivity contribution in [2.45, 2.75) is 52.2 Å². The highest BCUT2D eigenvalue weighted by Crippen LogP contribution is 2.41. The molecular formula is C18H25NO5. The third-order valence-corrected chi connectivity index (χ3v) is 3.92. The Morgan fingerprint density at radius 2 is 2.08 bits per heavy atom. The number of hydrogen-bond donors (Lipinski definition) is 1. The van der Waals surface area contributed by atoms with Gasteiger partial charge in [-0.1, -0.05) is 12.1 Å². The second-order valence-corrected chi connectivity index (χ2v) is 6.90. The first-order valence-electron chi connectivity index (χ1n) is 8.14. The molecule has 0 aliphatic carbocycles. The van der Waals surface area contributed by atoms with Crippen LogP contribution in [0.4, 0.5) is 0 Å². The van der Waals surface area contributed by atoms with Gasteiger partial charge in [-0.05, 0) is 33.8 Å². The zero-order chi connectivity index (χ0) is 17.9. The van der Waals surface area contributed by atoms with E-state index < -0.39 is 5.97 Å². The summed E-state index contributed by atoms with van der Waals surface area (Å²) in [5.74, 6) is 0.0808. The molecule has 0 radical (unpaired) electrons. The highest BCUT2D eigenvalue weighted by molar-refractivity contribution is 5.79. The molecule has 24 heavy (non-hydrogen) atoms. The lowest BCUT2D eigenvalue weighted by Crippen LogP contribution is -2.41. The number of para-hydroxylation sites is 1. The molecule has 1 amide bonds. The molecule has 1 aromatic rings. The predicted molar refractivity (Wildman–Crippen MR) is 89.4 cm³/mol. The van der Waals surface area contributed by atoms with Gasteiger partial charge in [0.1, 0.15) is 5.60 Å². The smallest absolute Gasteiger partial charge is 0.305 e. The van der Waals surface area contributed by atoms with Gasteiger partial charge in [-0.25, -0.2) is 0 Å². The van der Waals surface area contributed by atoms with Crippen molar-refractivity contribution in [1.82, 2.24) is 4.90 Å². The van der Waals surface area contributed by atoms with Crippen molar-refractivity contribution < 1.29 is 24.2 Å². The van der Waals surface area contributed by atoms with E-state index in [0.717, 1.165) is 12.0 Å². The van der Waals surface area contributed by atoms with Crippen LogP contribution in [-0.2, 0) is 16.0 Å². The highest BCUT2D eigenvalue weighted by Gasteiger charge is 2.32. The maximum Gasteiger partial charge on any atom is 0.305 e. The van der Waals surface area contributed by atoms with Crippen molar-refractivity contribution in [3.05, 3.63) is 23.8 Å². The number of fused-ring (bicyclic) bond motifs is 1. The maximum atomic E-state index is 12.4. The van der Waals surface area contributed by atoms with Crippen molar-refractivity contribution in [3.8, 4) is 11.5 Å². The summed E-state index contributed by atoms with van der Waals surface area (Å²) in [6.07, 6.45) is 0.714. The van der Waals surface area contributed by atoms with Gasteiger partial charge in [-0.15, -0.1) is 0 Å². The van der Waals surface area contributed by atoms with E-state index in [1.165, 1.54) is 4.90 Å². The number of aliphatic carboxylic acids is 1. The number of ether oxygens (including phenoxy) is 2. The summed E-state index contributed by atoms with van der Waals surface area (Å²) in [5.41, 5.74) is 0.786. The van der Waals surface area contributed by atoms with Gasteiger partial charge in [0, 0.05) is 24.6 Å². The highest BCUT2D eigenvalue weighted by atomic mass is 16.5. The largest absolute Gasteiger partial charge is 0.483 e. The lowest BCUT2D eigenvalue weighted by molar-refractivity contribution is -0.139. The molecule has 0 fully saturated rings. The number of nitrogens with zero attached hydrogens (tertiary/aromatic N) is 1.